The molecule has 2 aliphatic rings. The number of likely N-dealkylation sites (tertiary alicyclic amines) is 1. The van der Waals surface area contributed by atoms with Crippen LogP contribution in [0.15, 0.2) is 42.0 Å². The average Bonchev–Trinajstić information content (AvgIpc) is 3.22. The van der Waals surface area contributed by atoms with Crippen molar-refractivity contribution in [3.63, 3.8) is 0 Å². The molecule has 2 aromatic carbocycles. The summed E-state index contributed by atoms with van der Waals surface area (Å²) in [5, 5.41) is 11.6. The van der Waals surface area contributed by atoms with Gasteiger partial charge >= 0.3 is 0 Å². The van der Waals surface area contributed by atoms with E-state index in [2.05, 4.69) is 18.7 Å². The van der Waals surface area contributed by atoms with Gasteiger partial charge in [0.15, 0.2) is 11.5 Å². The van der Waals surface area contributed by atoms with Crippen LogP contribution in [0.25, 0.3) is 5.76 Å². The summed E-state index contributed by atoms with van der Waals surface area (Å²) in [4.78, 5) is 30.9. The van der Waals surface area contributed by atoms with Crippen molar-refractivity contribution in [3.8, 4) is 17.2 Å². The third-order valence-corrected chi connectivity index (χ3v) is 7.36. The summed E-state index contributed by atoms with van der Waals surface area (Å²) in [6.07, 6.45) is 0.679. The highest BCUT2D eigenvalue weighted by Crippen LogP contribution is 2.42. The van der Waals surface area contributed by atoms with Gasteiger partial charge in [-0.05, 0) is 67.6 Å². The van der Waals surface area contributed by atoms with Crippen molar-refractivity contribution in [1.29, 1.82) is 0 Å². The minimum atomic E-state index is -0.777. The summed E-state index contributed by atoms with van der Waals surface area (Å²) in [5.74, 6) is 0.580. The average molecular weight is 567 g/mol. The molecule has 0 unspecified atom stereocenters. The molecule has 41 heavy (non-hydrogen) atoms. The number of hydrogen-bond donors (Lipinski definition) is 1. The Hall–Kier alpha value is -3.56. The van der Waals surface area contributed by atoms with E-state index < -0.39 is 17.7 Å². The van der Waals surface area contributed by atoms with E-state index >= 15 is 0 Å². The molecule has 2 aliphatic heterocycles. The number of methoxy groups -OCH3 is 1. The molecule has 1 atom stereocenters. The lowest BCUT2D eigenvalue weighted by Crippen LogP contribution is -2.39. The van der Waals surface area contributed by atoms with E-state index in [0.717, 1.165) is 25.2 Å². The topological polar surface area (TPSA) is 97.8 Å². The molecule has 0 spiro atoms. The molecule has 0 aromatic heterocycles. The monoisotopic (exact) mass is 566 g/mol. The molecule has 2 aromatic rings. The summed E-state index contributed by atoms with van der Waals surface area (Å²) in [6.45, 7) is 13.1. The second-order valence-corrected chi connectivity index (χ2v) is 10.8. The zero-order chi connectivity index (χ0) is 29.5. The number of rotatable bonds is 12. The molecule has 222 valence electrons. The number of aliphatic hydroxyl groups excluding tert-OH is 1. The number of Topliss-reactive ketones (excluding diaryl/α,β-unsaturated/α-hetero) is 1. The van der Waals surface area contributed by atoms with Crippen LogP contribution in [-0.2, 0) is 14.3 Å². The summed E-state index contributed by atoms with van der Waals surface area (Å²) in [6, 6.07) is 9.95. The minimum absolute atomic E-state index is 0.0616. The molecule has 1 amide bonds. The van der Waals surface area contributed by atoms with E-state index in [-0.39, 0.29) is 11.3 Å². The van der Waals surface area contributed by atoms with Crippen LogP contribution in [-0.4, -0.2) is 86.3 Å². The maximum Gasteiger partial charge on any atom is 0.295 e. The Morgan fingerprint density at radius 3 is 2.46 bits per heavy atom. The molecule has 0 aliphatic carbocycles. The Morgan fingerprint density at radius 2 is 1.80 bits per heavy atom. The van der Waals surface area contributed by atoms with Crippen molar-refractivity contribution in [2.75, 3.05) is 59.7 Å². The Balaban J connectivity index is 1.72. The van der Waals surface area contributed by atoms with Crippen LogP contribution >= 0.6 is 0 Å². The van der Waals surface area contributed by atoms with Gasteiger partial charge in [-0.2, -0.15) is 0 Å². The summed E-state index contributed by atoms with van der Waals surface area (Å²) in [5.41, 5.74) is 1.94. The van der Waals surface area contributed by atoms with Crippen LogP contribution in [0, 0.1) is 12.8 Å². The molecule has 0 bridgehead atoms. The first-order valence-corrected chi connectivity index (χ1v) is 14.4. The van der Waals surface area contributed by atoms with Crippen molar-refractivity contribution in [1.82, 2.24) is 9.80 Å². The zero-order valence-electron chi connectivity index (χ0n) is 24.8. The third kappa shape index (κ3) is 7.02. The quantitative estimate of drug-likeness (QED) is 0.227. The second-order valence-electron chi connectivity index (χ2n) is 10.8. The van der Waals surface area contributed by atoms with E-state index in [1.165, 1.54) is 0 Å². The molecule has 0 radical (unpaired) electrons. The highest BCUT2D eigenvalue weighted by Gasteiger charge is 2.46. The second kappa shape index (κ2) is 13.9. The lowest BCUT2D eigenvalue weighted by atomic mass is 9.93. The molecule has 9 nitrogen and oxygen atoms in total. The highest BCUT2D eigenvalue weighted by molar-refractivity contribution is 6.46. The Bertz CT molecular complexity index is 1270. The van der Waals surface area contributed by atoms with E-state index in [1.807, 2.05) is 26.0 Å². The number of hydrogen-bond acceptors (Lipinski definition) is 8. The van der Waals surface area contributed by atoms with Gasteiger partial charge in [0.2, 0.25) is 0 Å². The molecule has 4 rings (SSSR count). The molecular formula is C32H42N2O7. The maximum atomic E-state index is 13.5. The van der Waals surface area contributed by atoms with Crippen LogP contribution in [0.3, 0.4) is 0 Å². The Labute approximate surface area is 242 Å². The number of carbonyl (C=O) groups excluding carboxylic acids is 2. The summed E-state index contributed by atoms with van der Waals surface area (Å²) < 4.78 is 22.5. The normalized spacial score (nSPS) is 19.2. The SMILES string of the molecule is CCOc1ccc([C@H]2/C(=C(\O)c3ccc(OCC(C)C)cc3C)C(=O)C(=O)N2CCCN2CCOCC2)cc1OC. The zero-order valence-corrected chi connectivity index (χ0v) is 24.8. The standard InChI is InChI=1S/C32H42N2O7/c1-6-40-26-11-8-23(19-27(26)38-5)29-28(30(35)25-10-9-24(18-22(25)4)41-20-21(2)3)31(36)32(37)34(29)13-7-12-33-14-16-39-17-15-33/h8-11,18-19,21,29,35H,6-7,12-17,20H2,1-5H3/b30-28+/t29-/m0/s1. The minimum Gasteiger partial charge on any atom is -0.507 e. The van der Waals surface area contributed by atoms with Gasteiger partial charge in [0.05, 0.1) is 45.2 Å². The third-order valence-electron chi connectivity index (χ3n) is 7.36. The molecule has 9 heteroatoms. The molecule has 2 fully saturated rings. The fourth-order valence-corrected chi connectivity index (χ4v) is 5.28. The first-order chi connectivity index (χ1) is 19.7. The van der Waals surface area contributed by atoms with Gasteiger partial charge in [0.1, 0.15) is 11.5 Å². The van der Waals surface area contributed by atoms with Crippen molar-refractivity contribution >= 4 is 17.4 Å². The van der Waals surface area contributed by atoms with Crippen molar-refractivity contribution in [2.45, 2.75) is 40.2 Å². The number of aliphatic hydroxyl groups is 1. The van der Waals surface area contributed by atoms with Crippen LogP contribution < -0.4 is 14.2 Å². The van der Waals surface area contributed by atoms with Crippen molar-refractivity contribution < 1.29 is 33.6 Å². The number of ether oxygens (including phenoxy) is 4. The lowest BCUT2D eigenvalue weighted by molar-refractivity contribution is -0.140. The predicted octanol–water partition coefficient (Wildman–Crippen LogP) is 4.58. The summed E-state index contributed by atoms with van der Waals surface area (Å²) >= 11 is 0. The largest absolute Gasteiger partial charge is 0.507 e. The van der Waals surface area contributed by atoms with Gasteiger partial charge in [-0.15, -0.1) is 0 Å². The van der Waals surface area contributed by atoms with E-state index in [0.29, 0.717) is 73.7 Å². The van der Waals surface area contributed by atoms with Gasteiger partial charge in [0.25, 0.3) is 11.7 Å². The number of aryl methyl sites for hydroxylation is 1. The first kappa shape index (κ1) is 30.4. The number of morpholine rings is 1. The van der Waals surface area contributed by atoms with Crippen molar-refractivity contribution in [3.05, 3.63) is 58.7 Å². The summed E-state index contributed by atoms with van der Waals surface area (Å²) in [7, 11) is 1.55. The number of ketones is 1. The van der Waals surface area contributed by atoms with E-state index in [1.54, 1.807) is 36.3 Å². The van der Waals surface area contributed by atoms with Crippen molar-refractivity contribution in [2.24, 2.45) is 5.92 Å². The lowest BCUT2D eigenvalue weighted by Gasteiger charge is -2.29. The molecule has 2 saturated heterocycles. The van der Waals surface area contributed by atoms with Crippen LogP contribution in [0.4, 0.5) is 0 Å². The van der Waals surface area contributed by atoms with Gasteiger partial charge < -0.3 is 29.0 Å². The first-order valence-electron chi connectivity index (χ1n) is 14.4. The van der Waals surface area contributed by atoms with Gasteiger partial charge in [0, 0.05) is 31.7 Å². The van der Waals surface area contributed by atoms with Gasteiger partial charge in [-0.25, -0.2) is 0 Å². The number of nitrogens with zero attached hydrogens (tertiary/aromatic N) is 2. The fraction of sp³-hybridized carbons (Fsp3) is 0.500. The maximum absolute atomic E-state index is 13.5. The molecule has 1 N–H and O–H groups in total. The molecule has 0 saturated carbocycles. The fourth-order valence-electron chi connectivity index (χ4n) is 5.28. The molecular weight excluding hydrogens is 524 g/mol. The number of benzene rings is 2. The van der Waals surface area contributed by atoms with Gasteiger partial charge in [-0.1, -0.05) is 19.9 Å². The smallest absolute Gasteiger partial charge is 0.295 e. The number of amides is 1. The number of carbonyl (C=O) groups is 2. The Kier molecular flexibility index (Phi) is 10.3. The van der Waals surface area contributed by atoms with Crippen LogP contribution in [0.5, 0.6) is 17.2 Å². The van der Waals surface area contributed by atoms with Crippen LogP contribution in [0.2, 0.25) is 0 Å². The van der Waals surface area contributed by atoms with E-state index in [9.17, 15) is 14.7 Å². The van der Waals surface area contributed by atoms with Crippen LogP contribution in [0.1, 0.15) is 49.9 Å². The Morgan fingerprint density at radius 1 is 1.05 bits per heavy atom. The van der Waals surface area contributed by atoms with E-state index in [4.69, 9.17) is 18.9 Å². The van der Waals surface area contributed by atoms with Gasteiger partial charge in [-0.3, -0.25) is 14.5 Å². The highest BCUT2D eigenvalue weighted by atomic mass is 16.5. The predicted molar refractivity (Wildman–Crippen MR) is 157 cm³/mol. The molecule has 2 heterocycles.